The van der Waals surface area contributed by atoms with Crippen LogP contribution in [0.4, 0.5) is 0 Å². The van der Waals surface area contributed by atoms with E-state index in [-0.39, 0.29) is 12.3 Å². The van der Waals surface area contributed by atoms with Crippen molar-refractivity contribution in [2.24, 2.45) is 5.73 Å². The van der Waals surface area contributed by atoms with Crippen molar-refractivity contribution in [3.05, 3.63) is 35.4 Å². The molecule has 3 atom stereocenters. The molecule has 18 heavy (non-hydrogen) atoms. The topological polar surface area (TPSA) is 75.4 Å². The van der Waals surface area contributed by atoms with Gasteiger partial charge in [0.2, 0.25) is 5.91 Å². The van der Waals surface area contributed by atoms with E-state index in [1.165, 1.54) is 0 Å². The van der Waals surface area contributed by atoms with Crippen molar-refractivity contribution in [1.29, 1.82) is 0 Å². The average Bonchev–Trinajstić information content (AvgIpc) is 2.66. The summed E-state index contributed by atoms with van der Waals surface area (Å²) in [5.74, 6) is 2.03. The van der Waals surface area contributed by atoms with Crippen LogP contribution in [0.15, 0.2) is 24.3 Å². The lowest BCUT2D eigenvalue weighted by Gasteiger charge is -2.19. The van der Waals surface area contributed by atoms with E-state index in [1.54, 1.807) is 0 Å². The largest absolute Gasteiger partial charge is 0.390 e. The standard InChI is InChI=1S/C14H16N2O2/c1-2-5-11(15)14(18)16-13-10-7-4-3-6-9(10)8-12(13)17/h1,3-4,6-7,11-13,17H,5,8,15H2,(H,16,18)/t11?,12-,13+/m1/s1. The lowest BCUT2D eigenvalue weighted by atomic mass is 10.1. The van der Waals surface area contributed by atoms with Gasteiger partial charge in [0.05, 0.1) is 18.2 Å². The van der Waals surface area contributed by atoms with Crippen molar-refractivity contribution in [2.75, 3.05) is 0 Å². The number of hydrogen-bond acceptors (Lipinski definition) is 3. The quantitative estimate of drug-likeness (QED) is 0.661. The zero-order valence-corrected chi connectivity index (χ0v) is 9.97. The highest BCUT2D eigenvalue weighted by atomic mass is 16.3. The molecule has 94 valence electrons. The second kappa shape index (κ2) is 5.21. The molecule has 4 heteroatoms. The number of rotatable bonds is 3. The summed E-state index contributed by atoms with van der Waals surface area (Å²) in [5.41, 5.74) is 7.64. The van der Waals surface area contributed by atoms with Crippen molar-refractivity contribution < 1.29 is 9.90 Å². The first-order valence-corrected chi connectivity index (χ1v) is 5.88. The lowest BCUT2D eigenvalue weighted by Crippen LogP contribution is -2.44. The highest BCUT2D eigenvalue weighted by Gasteiger charge is 2.32. The van der Waals surface area contributed by atoms with Crippen LogP contribution >= 0.6 is 0 Å². The first-order chi connectivity index (χ1) is 8.63. The van der Waals surface area contributed by atoms with E-state index in [0.29, 0.717) is 6.42 Å². The van der Waals surface area contributed by atoms with E-state index < -0.39 is 18.2 Å². The molecule has 1 amide bonds. The van der Waals surface area contributed by atoms with Crippen LogP contribution in [0.1, 0.15) is 23.6 Å². The van der Waals surface area contributed by atoms with Crippen LogP contribution in [0.2, 0.25) is 0 Å². The first-order valence-electron chi connectivity index (χ1n) is 5.88. The number of fused-ring (bicyclic) bond motifs is 1. The number of carbonyl (C=O) groups excluding carboxylic acids is 1. The van der Waals surface area contributed by atoms with Crippen molar-refractivity contribution in [3.8, 4) is 12.3 Å². The van der Waals surface area contributed by atoms with Crippen molar-refractivity contribution >= 4 is 5.91 Å². The number of benzene rings is 1. The second-order valence-electron chi connectivity index (χ2n) is 4.47. The Hall–Kier alpha value is -1.83. The molecule has 4 nitrogen and oxygen atoms in total. The molecule has 0 spiro atoms. The molecule has 0 radical (unpaired) electrons. The number of aliphatic hydroxyl groups is 1. The molecular weight excluding hydrogens is 228 g/mol. The van der Waals surface area contributed by atoms with E-state index >= 15 is 0 Å². The molecule has 1 aromatic carbocycles. The minimum atomic E-state index is -0.727. The van der Waals surface area contributed by atoms with Gasteiger partial charge in [-0.25, -0.2) is 0 Å². The molecule has 0 saturated heterocycles. The van der Waals surface area contributed by atoms with Gasteiger partial charge in [-0.05, 0) is 11.1 Å². The Bertz CT molecular complexity index is 493. The number of carbonyl (C=O) groups is 1. The Morgan fingerprint density at radius 3 is 3.06 bits per heavy atom. The fourth-order valence-corrected chi connectivity index (χ4v) is 2.23. The Morgan fingerprint density at radius 1 is 1.61 bits per heavy atom. The Labute approximate surface area is 106 Å². The number of hydrogen-bond donors (Lipinski definition) is 3. The van der Waals surface area contributed by atoms with Gasteiger partial charge in [0, 0.05) is 12.8 Å². The Kier molecular flexibility index (Phi) is 3.66. The van der Waals surface area contributed by atoms with E-state index in [1.807, 2.05) is 24.3 Å². The predicted molar refractivity (Wildman–Crippen MR) is 68.5 cm³/mol. The lowest BCUT2D eigenvalue weighted by molar-refractivity contribution is -0.123. The van der Waals surface area contributed by atoms with Gasteiger partial charge in [0.1, 0.15) is 0 Å². The normalized spacial score (nSPS) is 22.9. The highest BCUT2D eigenvalue weighted by Crippen LogP contribution is 2.31. The molecule has 1 aromatic rings. The van der Waals surface area contributed by atoms with Gasteiger partial charge in [0.25, 0.3) is 0 Å². The number of nitrogens with one attached hydrogen (secondary N) is 1. The summed E-state index contributed by atoms with van der Waals surface area (Å²) in [6.07, 6.45) is 5.25. The maximum absolute atomic E-state index is 11.8. The van der Waals surface area contributed by atoms with Crippen LogP contribution < -0.4 is 11.1 Å². The predicted octanol–water partition coefficient (Wildman–Crippen LogP) is 0.111. The molecule has 1 aliphatic carbocycles. The number of terminal acetylenes is 1. The zero-order valence-electron chi connectivity index (χ0n) is 9.97. The van der Waals surface area contributed by atoms with Crippen molar-refractivity contribution in [3.63, 3.8) is 0 Å². The fraction of sp³-hybridized carbons (Fsp3) is 0.357. The van der Waals surface area contributed by atoms with Gasteiger partial charge in [-0.3, -0.25) is 4.79 Å². The van der Waals surface area contributed by atoms with E-state index in [2.05, 4.69) is 11.2 Å². The number of nitrogens with two attached hydrogens (primary N) is 1. The van der Waals surface area contributed by atoms with Crippen LogP contribution in [-0.2, 0) is 11.2 Å². The van der Waals surface area contributed by atoms with Gasteiger partial charge in [-0.2, -0.15) is 0 Å². The van der Waals surface area contributed by atoms with Crippen molar-refractivity contribution in [1.82, 2.24) is 5.32 Å². The molecule has 0 aliphatic heterocycles. The minimum absolute atomic E-state index is 0.191. The van der Waals surface area contributed by atoms with Gasteiger partial charge < -0.3 is 16.2 Å². The van der Waals surface area contributed by atoms with Crippen LogP contribution in [0.3, 0.4) is 0 Å². The third kappa shape index (κ3) is 2.37. The molecule has 0 saturated carbocycles. The number of amides is 1. The van der Waals surface area contributed by atoms with Crippen molar-refractivity contribution in [2.45, 2.75) is 31.0 Å². The van der Waals surface area contributed by atoms with Crippen LogP contribution in [0.25, 0.3) is 0 Å². The summed E-state index contributed by atoms with van der Waals surface area (Å²) >= 11 is 0. The minimum Gasteiger partial charge on any atom is -0.390 e. The van der Waals surface area contributed by atoms with Gasteiger partial charge in [0.15, 0.2) is 0 Å². The summed E-state index contributed by atoms with van der Waals surface area (Å²) in [7, 11) is 0. The maximum atomic E-state index is 11.8. The third-order valence-corrected chi connectivity index (χ3v) is 3.18. The van der Waals surface area contributed by atoms with Crippen LogP contribution in [-0.4, -0.2) is 23.2 Å². The first kappa shape index (κ1) is 12.6. The molecule has 1 aliphatic rings. The molecule has 0 aromatic heterocycles. The maximum Gasteiger partial charge on any atom is 0.238 e. The average molecular weight is 244 g/mol. The van der Waals surface area contributed by atoms with E-state index in [4.69, 9.17) is 12.2 Å². The fourth-order valence-electron chi connectivity index (χ4n) is 2.23. The van der Waals surface area contributed by atoms with E-state index in [0.717, 1.165) is 11.1 Å². The SMILES string of the molecule is C#CCC(N)C(=O)N[C@H]1c2ccccc2C[C@H]1O. The summed E-state index contributed by atoms with van der Waals surface area (Å²) in [6.45, 7) is 0. The number of aliphatic hydroxyl groups excluding tert-OH is 1. The third-order valence-electron chi connectivity index (χ3n) is 3.18. The summed E-state index contributed by atoms with van der Waals surface area (Å²) < 4.78 is 0. The molecule has 4 N–H and O–H groups in total. The van der Waals surface area contributed by atoms with Gasteiger partial charge in [-0.15, -0.1) is 12.3 Å². The molecule has 2 rings (SSSR count). The molecular formula is C14H16N2O2. The molecule has 0 heterocycles. The van der Waals surface area contributed by atoms with E-state index in [9.17, 15) is 9.90 Å². The summed E-state index contributed by atoms with van der Waals surface area (Å²) in [4.78, 5) is 11.8. The second-order valence-corrected chi connectivity index (χ2v) is 4.47. The molecule has 1 unspecified atom stereocenters. The summed E-state index contributed by atoms with van der Waals surface area (Å²) in [6, 6.07) is 6.54. The Balaban J connectivity index is 2.11. The van der Waals surface area contributed by atoms with Crippen LogP contribution in [0, 0.1) is 12.3 Å². The highest BCUT2D eigenvalue weighted by molar-refractivity contribution is 5.82. The smallest absolute Gasteiger partial charge is 0.238 e. The monoisotopic (exact) mass is 244 g/mol. The molecule has 0 fully saturated rings. The molecule has 0 bridgehead atoms. The van der Waals surface area contributed by atoms with Gasteiger partial charge in [-0.1, -0.05) is 24.3 Å². The van der Waals surface area contributed by atoms with Gasteiger partial charge >= 0.3 is 0 Å². The van der Waals surface area contributed by atoms with Crippen LogP contribution in [0.5, 0.6) is 0 Å². The zero-order chi connectivity index (χ0) is 13.1. The summed E-state index contributed by atoms with van der Waals surface area (Å²) in [5, 5.41) is 12.7. The Morgan fingerprint density at radius 2 is 2.33 bits per heavy atom.